The number of ether oxygens (including phenoxy) is 1. The molecule has 10 heteroatoms. The molecule has 1 aliphatic carbocycles. The summed E-state index contributed by atoms with van der Waals surface area (Å²) < 4.78 is 5.80. The predicted octanol–water partition coefficient (Wildman–Crippen LogP) is 1.30. The Labute approximate surface area is 221 Å². The number of hydrogen-bond acceptors (Lipinski definition) is 5. The number of aryl methyl sites for hydroxylation is 1. The van der Waals surface area contributed by atoms with Gasteiger partial charge in [0.05, 0.1) is 29.4 Å². The average Bonchev–Trinajstić information content (AvgIpc) is 3.37. The van der Waals surface area contributed by atoms with Crippen LogP contribution in [0.15, 0.2) is 48.5 Å². The Hall–Kier alpha value is -1.29. The number of carbonyl (C=O) groups excluding carboxylic acids is 4. The number of hydrogen-bond donors (Lipinski definition) is 0. The van der Waals surface area contributed by atoms with E-state index in [4.69, 9.17) is 4.74 Å². The van der Waals surface area contributed by atoms with Crippen LogP contribution in [0, 0.1) is 30.6 Å². The van der Waals surface area contributed by atoms with Crippen LogP contribution in [0.3, 0.4) is 0 Å². The van der Waals surface area contributed by atoms with Crippen molar-refractivity contribution in [2.45, 2.75) is 13.3 Å². The van der Waals surface area contributed by atoms with E-state index in [1.54, 1.807) is 24.3 Å². The summed E-state index contributed by atoms with van der Waals surface area (Å²) in [5.41, 5.74) is 1.57. The van der Waals surface area contributed by atoms with E-state index in [0.717, 1.165) is 15.4 Å². The van der Waals surface area contributed by atoms with E-state index in [0.29, 0.717) is 30.4 Å². The minimum absolute atomic E-state index is 0.250. The van der Waals surface area contributed by atoms with Gasteiger partial charge in [-0.05, 0) is 49.7 Å². The maximum atomic E-state index is 13.1. The van der Waals surface area contributed by atoms with Gasteiger partial charge in [-0.25, -0.2) is 0 Å². The molecule has 0 N–H and O–H groups in total. The maximum absolute atomic E-state index is 13.1. The zero-order valence-electron chi connectivity index (χ0n) is 17.7. The first kappa shape index (κ1) is 24.8. The normalized spacial score (nSPS) is 25.8. The van der Waals surface area contributed by atoms with Crippen molar-refractivity contribution in [1.29, 1.82) is 0 Å². The molecular formula is C23H20I3N2O5-. The number of amides is 4. The summed E-state index contributed by atoms with van der Waals surface area (Å²) in [5, 5.41) is 0. The molecule has 0 radical (unpaired) electrons. The molecule has 3 aliphatic rings. The van der Waals surface area contributed by atoms with E-state index in [1.165, 1.54) is 7.05 Å². The van der Waals surface area contributed by atoms with Crippen molar-refractivity contribution in [3.05, 3.63) is 54.1 Å². The minimum atomic E-state index is -0.757. The second-order valence-electron chi connectivity index (χ2n) is 8.21. The first-order chi connectivity index (χ1) is 15.8. The van der Waals surface area contributed by atoms with Crippen molar-refractivity contribution in [3.63, 3.8) is 0 Å². The topological polar surface area (TPSA) is 84.0 Å². The molecule has 1 saturated carbocycles. The number of anilines is 1. The number of imide groups is 2. The summed E-state index contributed by atoms with van der Waals surface area (Å²) in [6.07, 6.45) is 0.250. The zero-order chi connectivity index (χ0) is 23.9. The number of likely N-dealkylation sites (tertiary alicyclic amines) is 1. The van der Waals surface area contributed by atoms with Crippen LogP contribution in [0.2, 0.25) is 0 Å². The fourth-order valence-electron chi connectivity index (χ4n) is 4.89. The number of halogens is 3. The molecule has 3 fully saturated rings. The van der Waals surface area contributed by atoms with Gasteiger partial charge >= 0.3 is 50.5 Å². The second-order valence-corrected chi connectivity index (χ2v) is 24.5. The molecule has 33 heavy (non-hydrogen) atoms. The van der Waals surface area contributed by atoms with Crippen molar-refractivity contribution in [3.8, 4) is 11.5 Å². The quantitative estimate of drug-likeness (QED) is 0.347. The van der Waals surface area contributed by atoms with E-state index in [9.17, 15) is 19.2 Å². The Balaban J connectivity index is 0.000000821. The van der Waals surface area contributed by atoms with Gasteiger partial charge in [-0.3, -0.25) is 29.0 Å². The van der Waals surface area contributed by atoms with E-state index in [-0.39, 0.29) is 24.1 Å². The average molecular weight is 785 g/mol. The third kappa shape index (κ3) is 4.54. The first-order valence-corrected chi connectivity index (χ1v) is 22.8. The SMILES string of the molecule is Cc1ccc(Oc2ccc(N3C(=O)C4CC5C(=O)N(C)C(=O)C5C4C3=O)cc2)cc1.I[I-]I. The third-order valence-electron chi connectivity index (χ3n) is 6.42. The molecule has 4 amide bonds. The Morgan fingerprint density at radius 1 is 0.788 bits per heavy atom. The number of benzene rings is 2. The van der Waals surface area contributed by atoms with E-state index in [2.05, 4.69) is 37.2 Å². The Kier molecular flexibility index (Phi) is 7.63. The van der Waals surface area contributed by atoms with E-state index >= 15 is 0 Å². The fourth-order valence-corrected chi connectivity index (χ4v) is 4.89. The van der Waals surface area contributed by atoms with Crippen LogP contribution in [-0.2, 0) is 19.2 Å². The van der Waals surface area contributed by atoms with Gasteiger partial charge in [-0.1, -0.05) is 17.7 Å². The van der Waals surface area contributed by atoms with Crippen LogP contribution < -0.4 is 22.9 Å². The monoisotopic (exact) mass is 785 g/mol. The molecule has 0 bridgehead atoms. The van der Waals surface area contributed by atoms with Crippen LogP contribution in [0.1, 0.15) is 12.0 Å². The summed E-state index contributed by atoms with van der Waals surface area (Å²) in [4.78, 5) is 53.0. The van der Waals surface area contributed by atoms with Crippen LogP contribution in [0.25, 0.3) is 0 Å². The van der Waals surface area contributed by atoms with Crippen LogP contribution >= 0.6 is 37.2 Å². The summed E-state index contributed by atoms with van der Waals surface area (Å²) in [6.45, 7) is 1.99. The number of rotatable bonds is 3. The number of carbonyl (C=O) groups is 4. The van der Waals surface area contributed by atoms with Gasteiger partial charge in [0, 0.05) is 7.05 Å². The molecule has 2 aromatic carbocycles. The molecule has 2 aromatic rings. The molecule has 4 unspecified atom stereocenters. The summed E-state index contributed by atoms with van der Waals surface area (Å²) in [7, 11) is 1.43. The molecule has 5 rings (SSSR count). The number of nitrogens with zero attached hydrogens (tertiary/aromatic N) is 2. The van der Waals surface area contributed by atoms with Gasteiger partial charge in [-0.2, -0.15) is 0 Å². The Morgan fingerprint density at radius 3 is 1.85 bits per heavy atom. The first-order valence-electron chi connectivity index (χ1n) is 10.2. The fraction of sp³-hybridized carbons (Fsp3) is 0.304. The zero-order valence-corrected chi connectivity index (χ0v) is 24.2. The third-order valence-corrected chi connectivity index (χ3v) is 6.42. The molecule has 2 heterocycles. The van der Waals surface area contributed by atoms with Gasteiger partial charge in [0.25, 0.3) is 0 Å². The molecule has 174 valence electrons. The van der Waals surface area contributed by atoms with Crippen LogP contribution in [0.5, 0.6) is 11.5 Å². The summed E-state index contributed by atoms with van der Waals surface area (Å²) >= 11 is 5.30. The van der Waals surface area contributed by atoms with Gasteiger partial charge in [0.15, 0.2) is 0 Å². The Morgan fingerprint density at radius 2 is 1.27 bits per heavy atom. The Bertz CT molecular complexity index is 1110. The van der Waals surface area contributed by atoms with Crippen molar-refractivity contribution in [2.75, 3.05) is 11.9 Å². The standard InChI is InChI=1S/C23H20N2O5.I3/c1-12-3-7-14(8-4-12)30-15-9-5-13(6-10-15)25-21(27)17-11-16-18(19(17)23(25)29)22(28)24(2)20(16)26;1-3-2/h3-10,16-19H,11H2,1-2H3;/q;-1. The van der Waals surface area contributed by atoms with Crippen molar-refractivity contribution in [2.24, 2.45) is 23.7 Å². The van der Waals surface area contributed by atoms with Gasteiger partial charge in [-0.15, -0.1) is 0 Å². The number of fused-ring (bicyclic) bond motifs is 3. The molecule has 0 aromatic heterocycles. The van der Waals surface area contributed by atoms with Gasteiger partial charge in [0.1, 0.15) is 11.5 Å². The summed E-state index contributed by atoms with van der Waals surface area (Å²) in [5.74, 6) is -2.76. The molecule has 4 atom stereocenters. The van der Waals surface area contributed by atoms with Crippen LogP contribution in [-0.4, -0.2) is 35.6 Å². The summed E-state index contributed by atoms with van der Waals surface area (Å²) in [6, 6.07) is 14.3. The molecule has 7 nitrogen and oxygen atoms in total. The molecule has 2 aliphatic heterocycles. The molecule has 0 spiro atoms. The van der Waals surface area contributed by atoms with Crippen molar-refractivity contribution < 1.29 is 37.2 Å². The van der Waals surface area contributed by atoms with Gasteiger partial charge < -0.3 is 4.74 Å². The van der Waals surface area contributed by atoms with Crippen molar-refractivity contribution >= 4 is 66.5 Å². The van der Waals surface area contributed by atoms with E-state index in [1.807, 2.05) is 31.2 Å². The van der Waals surface area contributed by atoms with Crippen molar-refractivity contribution in [1.82, 2.24) is 4.90 Å². The van der Waals surface area contributed by atoms with Crippen LogP contribution in [0.4, 0.5) is 5.69 Å². The molecular weight excluding hydrogens is 765 g/mol. The predicted molar refractivity (Wildman–Crippen MR) is 135 cm³/mol. The second kappa shape index (κ2) is 10.1. The van der Waals surface area contributed by atoms with E-state index < -0.39 is 29.6 Å². The molecule has 2 saturated heterocycles. The van der Waals surface area contributed by atoms with Gasteiger partial charge in [0.2, 0.25) is 23.6 Å².